The average Bonchev–Trinajstić information content (AvgIpc) is 2.67. The Bertz CT molecular complexity index is 679. The van der Waals surface area contributed by atoms with Crippen LogP contribution in [0.15, 0.2) is 24.3 Å². The Balaban J connectivity index is 1.83. The fraction of sp³-hybridized carbons (Fsp3) is 0.571. The van der Waals surface area contributed by atoms with Gasteiger partial charge in [0.1, 0.15) is 5.75 Å². The number of likely N-dealkylation sites (N-methyl/N-ethyl adjacent to an activating group) is 1. The number of amides is 2. The molecule has 0 radical (unpaired) electrons. The van der Waals surface area contributed by atoms with Crippen molar-refractivity contribution in [3.63, 3.8) is 0 Å². The smallest absolute Gasteiger partial charge is 0.306 e. The Morgan fingerprint density at radius 3 is 2.32 bits per heavy atom. The van der Waals surface area contributed by atoms with Gasteiger partial charge in [-0.3, -0.25) is 14.4 Å². The van der Waals surface area contributed by atoms with E-state index in [1.54, 1.807) is 36.2 Å². The van der Waals surface area contributed by atoms with E-state index in [-0.39, 0.29) is 24.3 Å². The van der Waals surface area contributed by atoms with Gasteiger partial charge in [-0.05, 0) is 49.4 Å². The summed E-state index contributed by atoms with van der Waals surface area (Å²) in [5.74, 6) is -0.296. The zero-order valence-electron chi connectivity index (χ0n) is 16.9. The van der Waals surface area contributed by atoms with Crippen molar-refractivity contribution in [3.8, 4) is 5.75 Å². The topological polar surface area (TPSA) is 87.2 Å². The van der Waals surface area contributed by atoms with Crippen molar-refractivity contribution in [3.05, 3.63) is 29.8 Å². The van der Waals surface area contributed by atoms with Gasteiger partial charge >= 0.3 is 5.97 Å². The maximum Gasteiger partial charge on any atom is 0.306 e. The highest BCUT2D eigenvalue weighted by molar-refractivity contribution is 5.96. The number of carbonyl (C=O) groups excluding carboxylic acids is 2. The zero-order chi connectivity index (χ0) is 20.7. The summed E-state index contributed by atoms with van der Waals surface area (Å²) in [6.07, 6.45) is 1.88. The molecule has 154 valence electrons. The molecular formula is C21H30N2O5. The first kappa shape index (κ1) is 21.7. The van der Waals surface area contributed by atoms with E-state index in [0.717, 1.165) is 12.2 Å². The maximum atomic E-state index is 12.6. The van der Waals surface area contributed by atoms with Crippen LogP contribution in [-0.4, -0.2) is 66.0 Å². The first-order chi connectivity index (χ1) is 13.3. The van der Waals surface area contributed by atoms with E-state index in [2.05, 4.69) is 13.8 Å². The fourth-order valence-electron chi connectivity index (χ4n) is 3.08. The number of carbonyl (C=O) groups is 3. The molecule has 7 nitrogen and oxygen atoms in total. The standard InChI is InChI=1S/C21H30N2O5/c1-15(2)10-13-28-18-6-4-16(5-7-18)20(25)22(3)14-19(24)23-11-8-17(9-12-23)21(26)27/h4-7,15,17H,8-14H2,1-3H3,(H,26,27). The monoisotopic (exact) mass is 390 g/mol. The highest BCUT2D eigenvalue weighted by atomic mass is 16.5. The second kappa shape index (κ2) is 10.1. The molecule has 7 heteroatoms. The van der Waals surface area contributed by atoms with Crippen molar-refractivity contribution < 1.29 is 24.2 Å². The van der Waals surface area contributed by atoms with E-state index in [1.807, 2.05) is 0 Å². The van der Waals surface area contributed by atoms with Gasteiger partial charge in [0.25, 0.3) is 5.91 Å². The van der Waals surface area contributed by atoms with Crippen molar-refractivity contribution in [1.82, 2.24) is 9.80 Å². The number of carboxylic acid groups (broad SMARTS) is 1. The number of carboxylic acids is 1. The molecule has 0 aromatic heterocycles. The predicted octanol–water partition coefficient (Wildman–Crippen LogP) is 2.51. The molecule has 2 rings (SSSR count). The van der Waals surface area contributed by atoms with Crippen molar-refractivity contribution >= 4 is 17.8 Å². The second-order valence-corrected chi connectivity index (χ2v) is 7.71. The molecule has 1 N–H and O–H groups in total. The van der Waals surface area contributed by atoms with E-state index in [9.17, 15) is 14.4 Å². The Morgan fingerprint density at radius 2 is 1.79 bits per heavy atom. The van der Waals surface area contributed by atoms with Gasteiger partial charge in [0.2, 0.25) is 5.91 Å². The summed E-state index contributed by atoms with van der Waals surface area (Å²) in [4.78, 5) is 39.0. The van der Waals surface area contributed by atoms with Gasteiger partial charge in [0.15, 0.2) is 0 Å². The molecule has 0 atom stereocenters. The Kier molecular flexibility index (Phi) is 7.84. The molecule has 0 unspecified atom stereocenters. The van der Waals surface area contributed by atoms with Gasteiger partial charge < -0.3 is 19.6 Å². The third-order valence-corrected chi connectivity index (χ3v) is 4.98. The summed E-state index contributed by atoms with van der Waals surface area (Å²) >= 11 is 0. The van der Waals surface area contributed by atoms with E-state index in [4.69, 9.17) is 9.84 Å². The molecule has 0 aliphatic carbocycles. The van der Waals surface area contributed by atoms with E-state index in [1.165, 1.54) is 4.90 Å². The lowest BCUT2D eigenvalue weighted by Crippen LogP contribution is -2.45. The summed E-state index contributed by atoms with van der Waals surface area (Å²) < 4.78 is 5.65. The molecule has 1 heterocycles. The normalized spacial score (nSPS) is 14.8. The number of nitrogens with zero attached hydrogens (tertiary/aromatic N) is 2. The second-order valence-electron chi connectivity index (χ2n) is 7.71. The quantitative estimate of drug-likeness (QED) is 0.737. The number of rotatable bonds is 8. The number of piperidine rings is 1. The molecule has 1 aliphatic heterocycles. The fourth-order valence-corrected chi connectivity index (χ4v) is 3.08. The lowest BCUT2D eigenvalue weighted by molar-refractivity contribution is -0.145. The lowest BCUT2D eigenvalue weighted by Gasteiger charge is -2.31. The van der Waals surface area contributed by atoms with Crippen LogP contribution in [0.2, 0.25) is 0 Å². The minimum Gasteiger partial charge on any atom is -0.494 e. The summed E-state index contributed by atoms with van der Waals surface area (Å²) in [5.41, 5.74) is 0.496. The summed E-state index contributed by atoms with van der Waals surface area (Å²) in [6, 6.07) is 6.93. The first-order valence-electron chi connectivity index (χ1n) is 9.76. The maximum absolute atomic E-state index is 12.6. The van der Waals surface area contributed by atoms with E-state index >= 15 is 0 Å². The molecule has 2 amide bonds. The Morgan fingerprint density at radius 1 is 1.18 bits per heavy atom. The predicted molar refractivity (Wildman–Crippen MR) is 105 cm³/mol. The highest BCUT2D eigenvalue weighted by Gasteiger charge is 2.28. The van der Waals surface area contributed by atoms with Crippen LogP contribution in [0.5, 0.6) is 5.75 Å². The third-order valence-electron chi connectivity index (χ3n) is 4.98. The van der Waals surface area contributed by atoms with Gasteiger partial charge in [-0.25, -0.2) is 0 Å². The number of benzene rings is 1. The molecule has 1 aliphatic rings. The molecule has 1 aromatic rings. The van der Waals surface area contributed by atoms with E-state index in [0.29, 0.717) is 44.0 Å². The Hall–Kier alpha value is -2.57. The largest absolute Gasteiger partial charge is 0.494 e. The molecular weight excluding hydrogens is 360 g/mol. The van der Waals surface area contributed by atoms with Crippen molar-refractivity contribution in [2.24, 2.45) is 11.8 Å². The minimum absolute atomic E-state index is 0.0246. The lowest BCUT2D eigenvalue weighted by atomic mass is 9.97. The SMILES string of the molecule is CC(C)CCOc1ccc(C(=O)N(C)CC(=O)N2CCC(C(=O)O)CC2)cc1. The van der Waals surface area contributed by atoms with Gasteiger partial charge in [-0.1, -0.05) is 13.8 Å². The Labute approximate surface area is 166 Å². The van der Waals surface area contributed by atoms with Crippen LogP contribution in [-0.2, 0) is 9.59 Å². The molecule has 0 saturated carbocycles. The number of aliphatic carboxylic acids is 1. The summed E-state index contributed by atoms with van der Waals surface area (Å²) in [7, 11) is 1.59. The first-order valence-corrected chi connectivity index (χ1v) is 9.76. The average molecular weight is 390 g/mol. The molecule has 1 aromatic carbocycles. The van der Waals surface area contributed by atoms with Crippen molar-refractivity contribution in [1.29, 1.82) is 0 Å². The van der Waals surface area contributed by atoms with Gasteiger partial charge in [-0.15, -0.1) is 0 Å². The molecule has 28 heavy (non-hydrogen) atoms. The van der Waals surface area contributed by atoms with Crippen molar-refractivity contribution in [2.45, 2.75) is 33.1 Å². The van der Waals surface area contributed by atoms with Crippen LogP contribution < -0.4 is 4.74 Å². The van der Waals surface area contributed by atoms with Crippen LogP contribution >= 0.6 is 0 Å². The van der Waals surface area contributed by atoms with Crippen LogP contribution in [0.1, 0.15) is 43.5 Å². The zero-order valence-corrected chi connectivity index (χ0v) is 16.9. The minimum atomic E-state index is -0.809. The number of likely N-dealkylation sites (tertiary alicyclic amines) is 1. The van der Waals surface area contributed by atoms with Crippen LogP contribution in [0.3, 0.4) is 0 Å². The molecule has 1 saturated heterocycles. The van der Waals surface area contributed by atoms with Crippen molar-refractivity contribution in [2.75, 3.05) is 33.3 Å². The van der Waals surface area contributed by atoms with Crippen LogP contribution in [0, 0.1) is 11.8 Å². The summed E-state index contributed by atoms with van der Waals surface area (Å²) in [5, 5.41) is 9.03. The molecule has 1 fully saturated rings. The van der Waals surface area contributed by atoms with Crippen LogP contribution in [0.4, 0.5) is 0 Å². The van der Waals surface area contributed by atoms with Gasteiger partial charge in [0, 0.05) is 25.7 Å². The highest BCUT2D eigenvalue weighted by Crippen LogP contribution is 2.18. The third kappa shape index (κ3) is 6.25. The molecule has 0 bridgehead atoms. The number of hydrogen-bond acceptors (Lipinski definition) is 4. The van der Waals surface area contributed by atoms with Gasteiger partial charge in [0.05, 0.1) is 19.1 Å². The number of hydrogen-bond donors (Lipinski definition) is 1. The number of ether oxygens (including phenoxy) is 1. The molecule has 0 spiro atoms. The van der Waals surface area contributed by atoms with Gasteiger partial charge in [-0.2, -0.15) is 0 Å². The van der Waals surface area contributed by atoms with Crippen LogP contribution in [0.25, 0.3) is 0 Å². The summed E-state index contributed by atoms with van der Waals surface area (Å²) in [6.45, 7) is 5.72. The van der Waals surface area contributed by atoms with E-state index < -0.39 is 5.97 Å².